The number of halogens is 1. The first kappa shape index (κ1) is 13.2. The summed E-state index contributed by atoms with van der Waals surface area (Å²) in [4.78, 5) is 18.8. The molecule has 2 rings (SSSR count). The molecule has 18 heavy (non-hydrogen) atoms. The van der Waals surface area contributed by atoms with Crippen LogP contribution in [0.5, 0.6) is 0 Å². The highest BCUT2D eigenvalue weighted by atomic mass is 32.1. The Hall–Kier alpha value is -1.23. The molecule has 0 aliphatic rings. The van der Waals surface area contributed by atoms with Gasteiger partial charge in [0.2, 0.25) is 0 Å². The van der Waals surface area contributed by atoms with Gasteiger partial charge in [0.1, 0.15) is 17.3 Å². The van der Waals surface area contributed by atoms with E-state index in [1.165, 1.54) is 4.57 Å². The van der Waals surface area contributed by atoms with Crippen molar-refractivity contribution in [2.24, 2.45) is 0 Å². The van der Waals surface area contributed by atoms with Gasteiger partial charge in [0.25, 0.3) is 5.56 Å². The first-order valence-corrected chi connectivity index (χ1v) is 7.11. The van der Waals surface area contributed by atoms with Gasteiger partial charge in [-0.05, 0) is 18.9 Å². The second-order valence-corrected chi connectivity index (χ2v) is 5.32. The molecule has 0 aliphatic carbocycles. The molecule has 0 bridgehead atoms. The average molecular weight is 268 g/mol. The van der Waals surface area contributed by atoms with Gasteiger partial charge in [-0.1, -0.05) is 13.8 Å². The highest BCUT2D eigenvalue weighted by molar-refractivity contribution is 7.18. The Morgan fingerprint density at radius 2 is 2.22 bits per heavy atom. The van der Waals surface area contributed by atoms with E-state index in [-0.39, 0.29) is 12.1 Å². The fourth-order valence-corrected chi connectivity index (χ4v) is 2.99. The minimum absolute atomic E-state index is 0.1000. The highest BCUT2D eigenvalue weighted by Gasteiger charge is 2.12. The number of nitrogens with zero attached hydrogens (tertiary/aromatic N) is 2. The fraction of sp³-hybridized carbons (Fsp3) is 0.538. The molecule has 0 spiro atoms. The van der Waals surface area contributed by atoms with E-state index in [9.17, 15) is 9.18 Å². The van der Waals surface area contributed by atoms with E-state index in [4.69, 9.17) is 0 Å². The maximum atomic E-state index is 12.6. The molecule has 0 saturated carbocycles. The summed E-state index contributed by atoms with van der Waals surface area (Å²) in [5.41, 5.74) is -0.1000. The lowest BCUT2D eigenvalue weighted by Crippen LogP contribution is -2.25. The van der Waals surface area contributed by atoms with Crippen LogP contribution in [0.3, 0.4) is 0 Å². The van der Waals surface area contributed by atoms with Crippen LogP contribution in [-0.4, -0.2) is 16.2 Å². The molecule has 0 atom stereocenters. The van der Waals surface area contributed by atoms with Crippen molar-refractivity contribution in [2.75, 3.05) is 6.67 Å². The number of hydrogen-bond donors (Lipinski definition) is 0. The summed E-state index contributed by atoms with van der Waals surface area (Å²) < 4.78 is 14.0. The van der Waals surface area contributed by atoms with Crippen molar-refractivity contribution in [1.82, 2.24) is 9.55 Å². The van der Waals surface area contributed by atoms with Crippen molar-refractivity contribution in [1.29, 1.82) is 0 Å². The van der Waals surface area contributed by atoms with Crippen LogP contribution < -0.4 is 5.56 Å². The summed E-state index contributed by atoms with van der Waals surface area (Å²) in [7, 11) is 0. The molecule has 0 amide bonds. The topological polar surface area (TPSA) is 34.9 Å². The van der Waals surface area contributed by atoms with Crippen LogP contribution in [0.15, 0.2) is 10.9 Å². The van der Waals surface area contributed by atoms with E-state index < -0.39 is 6.67 Å². The van der Waals surface area contributed by atoms with Gasteiger partial charge in [-0.15, -0.1) is 11.3 Å². The fourth-order valence-electron chi connectivity index (χ4n) is 2.01. The lowest BCUT2D eigenvalue weighted by atomic mass is 10.3. The first-order chi connectivity index (χ1) is 8.71. The highest BCUT2D eigenvalue weighted by Crippen LogP contribution is 2.22. The van der Waals surface area contributed by atoms with Crippen LogP contribution in [-0.2, 0) is 19.4 Å². The van der Waals surface area contributed by atoms with E-state index in [0.717, 1.165) is 22.5 Å². The molecule has 0 aromatic carbocycles. The average Bonchev–Trinajstić information content (AvgIpc) is 2.78. The molecule has 0 aliphatic heterocycles. The van der Waals surface area contributed by atoms with E-state index in [1.54, 1.807) is 11.3 Å². The normalized spacial score (nSPS) is 11.3. The first-order valence-electron chi connectivity index (χ1n) is 6.29. The van der Waals surface area contributed by atoms with E-state index in [1.807, 2.05) is 13.0 Å². The van der Waals surface area contributed by atoms with Gasteiger partial charge in [0, 0.05) is 11.3 Å². The van der Waals surface area contributed by atoms with Gasteiger partial charge in [-0.3, -0.25) is 9.36 Å². The maximum Gasteiger partial charge on any atom is 0.262 e. The van der Waals surface area contributed by atoms with Crippen molar-refractivity contribution < 1.29 is 4.39 Å². The third-order valence-corrected chi connectivity index (χ3v) is 4.08. The molecule has 2 aromatic rings. The Kier molecular flexibility index (Phi) is 4.11. The van der Waals surface area contributed by atoms with Gasteiger partial charge < -0.3 is 0 Å². The molecule has 0 saturated heterocycles. The Bertz CT molecular complexity index is 603. The smallest absolute Gasteiger partial charge is 0.262 e. The van der Waals surface area contributed by atoms with Crippen LogP contribution in [0.2, 0.25) is 0 Å². The molecular formula is C13H17FN2OS. The zero-order valence-electron chi connectivity index (χ0n) is 10.7. The monoisotopic (exact) mass is 268 g/mol. The molecule has 98 valence electrons. The SMILES string of the molecule is CCCc1nc2sc(CC)cc2c(=O)n1CCF. The van der Waals surface area contributed by atoms with Crippen molar-refractivity contribution in [3.05, 3.63) is 27.1 Å². The Balaban J connectivity index is 2.66. The van der Waals surface area contributed by atoms with Gasteiger partial charge in [0.15, 0.2) is 0 Å². The molecule has 0 N–H and O–H groups in total. The molecule has 2 heterocycles. The number of fused-ring (bicyclic) bond motifs is 1. The van der Waals surface area contributed by atoms with Crippen LogP contribution in [0.1, 0.15) is 31.0 Å². The zero-order valence-corrected chi connectivity index (χ0v) is 11.5. The van der Waals surface area contributed by atoms with Crippen molar-refractivity contribution in [3.63, 3.8) is 0 Å². The molecule has 3 nitrogen and oxygen atoms in total. The van der Waals surface area contributed by atoms with Gasteiger partial charge in [-0.25, -0.2) is 9.37 Å². The number of rotatable bonds is 5. The second-order valence-electron chi connectivity index (χ2n) is 4.21. The Morgan fingerprint density at radius 1 is 1.44 bits per heavy atom. The number of hydrogen-bond acceptors (Lipinski definition) is 3. The summed E-state index contributed by atoms with van der Waals surface area (Å²) in [5.74, 6) is 0.706. The van der Waals surface area contributed by atoms with E-state index in [2.05, 4.69) is 11.9 Å². The summed E-state index contributed by atoms with van der Waals surface area (Å²) in [6.45, 7) is 3.66. The molecular weight excluding hydrogens is 251 g/mol. The van der Waals surface area contributed by atoms with Crippen LogP contribution in [0, 0.1) is 0 Å². The van der Waals surface area contributed by atoms with E-state index in [0.29, 0.717) is 17.6 Å². The quantitative estimate of drug-likeness (QED) is 0.835. The van der Waals surface area contributed by atoms with Crippen molar-refractivity contribution >= 4 is 21.6 Å². The van der Waals surface area contributed by atoms with Gasteiger partial charge in [-0.2, -0.15) is 0 Å². The summed E-state index contributed by atoms with van der Waals surface area (Å²) in [6.07, 6.45) is 2.51. The van der Waals surface area contributed by atoms with Crippen LogP contribution in [0.25, 0.3) is 10.2 Å². The summed E-state index contributed by atoms with van der Waals surface area (Å²) in [5, 5.41) is 0.630. The molecule has 0 fully saturated rings. The summed E-state index contributed by atoms with van der Waals surface area (Å²) in [6, 6.07) is 1.89. The third-order valence-electron chi connectivity index (χ3n) is 2.91. The third kappa shape index (κ3) is 2.32. The van der Waals surface area contributed by atoms with Crippen molar-refractivity contribution in [3.8, 4) is 0 Å². The van der Waals surface area contributed by atoms with Gasteiger partial charge >= 0.3 is 0 Å². The largest absolute Gasteiger partial charge is 0.293 e. The molecule has 0 unspecified atom stereocenters. The maximum absolute atomic E-state index is 12.6. The lowest BCUT2D eigenvalue weighted by molar-refractivity contribution is 0.431. The number of thiophene rings is 1. The second kappa shape index (κ2) is 5.61. The lowest BCUT2D eigenvalue weighted by Gasteiger charge is -2.09. The molecule has 0 radical (unpaired) electrons. The zero-order chi connectivity index (χ0) is 13.1. The van der Waals surface area contributed by atoms with Crippen molar-refractivity contribution in [2.45, 2.75) is 39.7 Å². The minimum Gasteiger partial charge on any atom is -0.293 e. The molecule has 5 heteroatoms. The van der Waals surface area contributed by atoms with E-state index >= 15 is 0 Å². The number of alkyl halides is 1. The standard InChI is InChI=1S/C13H17FN2OS/c1-3-5-11-15-12-10(8-9(4-2)18-12)13(17)16(11)7-6-14/h8H,3-7H2,1-2H3. The van der Waals surface area contributed by atoms with Crippen LogP contribution in [0.4, 0.5) is 4.39 Å². The number of aromatic nitrogens is 2. The number of aryl methyl sites for hydroxylation is 2. The Morgan fingerprint density at radius 3 is 2.83 bits per heavy atom. The minimum atomic E-state index is -0.533. The van der Waals surface area contributed by atoms with Crippen LogP contribution >= 0.6 is 11.3 Å². The predicted molar refractivity (Wildman–Crippen MR) is 73.2 cm³/mol. The van der Waals surface area contributed by atoms with Gasteiger partial charge in [0.05, 0.1) is 11.9 Å². The Labute approximate surface area is 109 Å². The summed E-state index contributed by atoms with van der Waals surface area (Å²) >= 11 is 1.56. The predicted octanol–water partition coefficient (Wildman–Crippen LogP) is 2.94. The molecule has 2 aromatic heterocycles.